The summed E-state index contributed by atoms with van der Waals surface area (Å²) in [4.78, 5) is 16.8. The van der Waals surface area contributed by atoms with Gasteiger partial charge in [0.05, 0.1) is 5.25 Å². The second-order valence-corrected chi connectivity index (χ2v) is 8.61. The molecule has 2 heterocycles. The van der Waals surface area contributed by atoms with Gasteiger partial charge in [-0.2, -0.15) is 0 Å². The van der Waals surface area contributed by atoms with E-state index in [1.54, 1.807) is 19.1 Å². The molecule has 0 N–H and O–H groups in total. The van der Waals surface area contributed by atoms with Crippen molar-refractivity contribution in [2.75, 3.05) is 6.54 Å². The van der Waals surface area contributed by atoms with Gasteiger partial charge in [-0.3, -0.25) is 4.79 Å². The first-order valence-electron chi connectivity index (χ1n) is 8.01. The number of sulfonamides is 1. The number of nitrogens with zero attached hydrogens (tertiary/aromatic N) is 4. The molecule has 1 aliphatic rings. The Morgan fingerprint density at radius 1 is 1.32 bits per heavy atom. The Morgan fingerprint density at radius 2 is 2.00 bits per heavy atom. The smallest absolute Gasteiger partial charge is 0.264 e. The minimum absolute atomic E-state index is 0.105. The first kappa shape index (κ1) is 17.5. The van der Waals surface area contributed by atoms with Crippen molar-refractivity contribution in [2.24, 2.45) is 0 Å². The third-order valence-electron chi connectivity index (χ3n) is 4.20. The lowest BCUT2D eigenvalue weighted by atomic mass is 10.2. The first-order valence-corrected chi connectivity index (χ1v) is 9.51. The number of hydrogen-bond acceptors (Lipinski definition) is 5. The van der Waals surface area contributed by atoms with E-state index in [-0.39, 0.29) is 24.0 Å². The molecule has 9 heteroatoms. The number of rotatable bonds is 3. The van der Waals surface area contributed by atoms with Crippen LogP contribution < -0.4 is 0 Å². The van der Waals surface area contributed by atoms with Gasteiger partial charge in [0, 0.05) is 12.5 Å². The number of carbonyl (C=O) groups is 1. The molecule has 1 aromatic carbocycles. The Balaban J connectivity index is 2.06. The predicted molar refractivity (Wildman–Crippen MR) is 89.4 cm³/mol. The number of para-hydroxylation sites is 1. The normalized spacial score (nSPS) is 19.6. The maximum atomic E-state index is 14.1. The molecule has 7 nitrogen and oxygen atoms in total. The van der Waals surface area contributed by atoms with Crippen LogP contribution in [0.2, 0.25) is 0 Å². The number of hydrogen-bond donors (Lipinski definition) is 0. The Hall–Kier alpha value is -2.29. The highest BCUT2D eigenvalue weighted by Gasteiger charge is 2.41. The van der Waals surface area contributed by atoms with Gasteiger partial charge < -0.3 is 0 Å². The van der Waals surface area contributed by atoms with E-state index >= 15 is 0 Å². The van der Waals surface area contributed by atoms with E-state index in [9.17, 15) is 17.6 Å². The average molecular weight is 366 g/mol. The molecule has 0 aliphatic carbocycles. The van der Waals surface area contributed by atoms with Crippen LogP contribution in [0.1, 0.15) is 49.6 Å². The van der Waals surface area contributed by atoms with E-state index < -0.39 is 27.0 Å². The van der Waals surface area contributed by atoms with E-state index in [4.69, 9.17) is 0 Å². The summed E-state index contributed by atoms with van der Waals surface area (Å²) in [6.07, 6.45) is 0.374. The van der Waals surface area contributed by atoms with E-state index in [1.807, 2.05) is 13.8 Å². The minimum atomic E-state index is -3.69. The van der Waals surface area contributed by atoms with E-state index in [0.29, 0.717) is 12.2 Å². The lowest BCUT2D eigenvalue weighted by molar-refractivity contribution is 0.0858. The van der Waals surface area contributed by atoms with Gasteiger partial charge in [0.2, 0.25) is 15.8 Å². The lowest BCUT2D eigenvalue weighted by Gasteiger charge is -2.13. The third kappa shape index (κ3) is 2.92. The Labute approximate surface area is 145 Å². The summed E-state index contributed by atoms with van der Waals surface area (Å²) >= 11 is 0. The van der Waals surface area contributed by atoms with Crippen molar-refractivity contribution in [3.05, 3.63) is 41.7 Å². The summed E-state index contributed by atoms with van der Waals surface area (Å²) in [5, 5.41) is 3.49. The minimum Gasteiger partial charge on any atom is -0.264 e. The molecule has 0 radical (unpaired) electrons. The van der Waals surface area contributed by atoms with Gasteiger partial charge in [-0.05, 0) is 25.5 Å². The van der Waals surface area contributed by atoms with Crippen LogP contribution >= 0.6 is 0 Å². The number of aromatic nitrogens is 3. The Morgan fingerprint density at radius 3 is 2.56 bits per heavy atom. The van der Waals surface area contributed by atoms with Gasteiger partial charge in [-0.1, -0.05) is 26.0 Å². The molecular weight excluding hydrogens is 347 g/mol. The molecule has 1 aliphatic heterocycles. The molecule has 1 saturated heterocycles. The molecule has 25 heavy (non-hydrogen) atoms. The molecule has 0 bridgehead atoms. The second kappa shape index (κ2) is 6.21. The topological polar surface area (TPSA) is 85.2 Å². The fourth-order valence-electron chi connectivity index (χ4n) is 2.71. The summed E-state index contributed by atoms with van der Waals surface area (Å²) in [7, 11) is -3.69. The van der Waals surface area contributed by atoms with Crippen molar-refractivity contribution in [3.8, 4) is 5.69 Å². The summed E-state index contributed by atoms with van der Waals surface area (Å²) in [5.41, 5.74) is 0.162. The molecule has 1 fully saturated rings. The van der Waals surface area contributed by atoms with Crippen LogP contribution in [0.4, 0.5) is 4.39 Å². The zero-order valence-corrected chi connectivity index (χ0v) is 15.0. The number of amides is 1. The van der Waals surface area contributed by atoms with Crippen molar-refractivity contribution in [2.45, 2.75) is 38.4 Å². The summed E-state index contributed by atoms with van der Waals surface area (Å²) in [5.74, 6) is -1.28. The zero-order valence-electron chi connectivity index (χ0n) is 14.2. The molecule has 0 saturated carbocycles. The third-order valence-corrected chi connectivity index (χ3v) is 6.42. The quantitative estimate of drug-likeness (QED) is 0.830. The van der Waals surface area contributed by atoms with Crippen LogP contribution in [0.5, 0.6) is 0 Å². The highest BCUT2D eigenvalue weighted by atomic mass is 32.2. The number of halogens is 1. The molecule has 1 unspecified atom stereocenters. The van der Waals surface area contributed by atoms with Crippen LogP contribution in [-0.2, 0) is 10.0 Å². The fourth-order valence-corrected chi connectivity index (χ4v) is 4.22. The molecular formula is C16H19FN4O3S. The van der Waals surface area contributed by atoms with Crippen molar-refractivity contribution in [3.63, 3.8) is 0 Å². The van der Waals surface area contributed by atoms with Gasteiger partial charge in [-0.15, -0.1) is 5.10 Å². The van der Waals surface area contributed by atoms with Crippen molar-refractivity contribution < 1.29 is 17.6 Å². The fraction of sp³-hybridized carbons (Fsp3) is 0.438. The van der Waals surface area contributed by atoms with Gasteiger partial charge >= 0.3 is 5.91 Å². The molecule has 1 atom stereocenters. The van der Waals surface area contributed by atoms with E-state index in [1.165, 1.54) is 16.8 Å². The Kier molecular flexibility index (Phi) is 4.36. The van der Waals surface area contributed by atoms with Crippen molar-refractivity contribution in [1.82, 2.24) is 19.1 Å². The highest BCUT2D eigenvalue weighted by molar-refractivity contribution is 7.90. The SMILES string of the molecule is CC(C)c1nc(C(=O)N2CCC(C)S2(=O)=O)nn1-c1ccccc1F. The molecule has 1 amide bonds. The van der Waals surface area contributed by atoms with Crippen molar-refractivity contribution >= 4 is 15.9 Å². The standard InChI is InChI=1S/C16H19FN4O3S/c1-10(2)15-18-14(16(22)20-9-8-11(3)25(20,23)24)19-21(15)13-7-5-4-6-12(13)17/h4-7,10-11H,8-9H2,1-3H3. The largest absolute Gasteiger partial charge is 0.307 e. The van der Waals surface area contributed by atoms with Gasteiger partial charge in [0.25, 0.3) is 0 Å². The molecule has 3 rings (SSSR count). The number of carbonyl (C=O) groups excluding carboxylic acids is 1. The monoisotopic (exact) mass is 366 g/mol. The van der Waals surface area contributed by atoms with Crippen LogP contribution in [0, 0.1) is 5.82 Å². The predicted octanol–water partition coefficient (Wildman–Crippen LogP) is 2.09. The van der Waals surface area contributed by atoms with E-state index in [2.05, 4.69) is 10.1 Å². The molecule has 1 aromatic heterocycles. The van der Waals surface area contributed by atoms with Gasteiger partial charge in [0.15, 0.2) is 0 Å². The first-order chi connectivity index (χ1) is 11.7. The van der Waals surface area contributed by atoms with Crippen molar-refractivity contribution in [1.29, 1.82) is 0 Å². The summed E-state index contributed by atoms with van der Waals surface area (Å²) in [6.45, 7) is 5.34. The maximum absolute atomic E-state index is 14.1. The number of benzene rings is 1. The van der Waals surface area contributed by atoms with Crippen LogP contribution in [0.15, 0.2) is 24.3 Å². The second-order valence-electron chi connectivity index (χ2n) is 6.33. The van der Waals surface area contributed by atoms with Gasteiger partial charge in [-0.25, -0.2) is 26.8 Å². The zero-order chi connectivity index (χ0) is 18.4. The lowest BCUT2D eigenvalue weighted by Crippen LogP contribution is -2.35. The molecule has 134 valence electrons. The molecule has 2 aromatic rings. The molecule has 0 spiro atoms. The maximum Gasteiger partial charge on any atom is 0.307 e. The average Bonchev–Trinajstić information content (AvgIpc) is 3.10. The van der Waals surface area contributed by atoms with Crippen LogP contribution in [-0.4, -0.2) is 45.2 Å². The Bertz CT molecular complexity index is 923. The van der Waals surface area contributed by atoms with E-state index in [0.717, 1.165) is 4.31 Å². The van der Waals surface area contributed by atoms with Crippen LogP contribution in [0.25, 0.3) is 5.69 Å². The highest BCUT2D eigenvalue weighted by Crippen LogP contribution is 2.25. The van der Waals surface area contributed by atoms with Gasteiger partial charge in [0.1, 0.15) is 17.3 Å². The summed E-state index contributed by atoms with van der Waals surface area (Å²) < 4.78 is 40.7. The summed E-state index contributed by atoms with van der Waals surface area (Å²) in [6, 6.07) is 6.02. The van der Waals surface area contributed by atoms with Crippen LogP contribution in [0.3, 0.4) is 0 Å².